The summed E-state index contributed by atoms with van der Waals surface area (Å²) >= 11 is 1.54. The van der Waals surface area contributed by atoms with Gasteiger partial charge in [0.1, 0.15) is 5.01 Å². The van der Waals surface area contributed by atoms with E-state index in [2.05, 4.69) is 15.3 Å². The largest absolute Gasteiger partial charge is 0.352 e. The van der Waals surface area contributed by atoms with Crippen molar-refractivity contribution in [2.45, 2.75) is 19.5 Å². The molecule has 0 fully saturated rings. The summed E-state index contributed by atoms with van der Waals surface area (Å²) in [5.41, 5.74) is 9.58. The number of hydrogen-bond acceptors (Lipinski definition) is 5. The van der Waals surface area contributed by atoms with Crippen molar-refractivity contribution in [2.75, 3.05) is 0 Å². The number of pyridine rings is 1. The summed E-state index contributed by atoms with van der Waals surface area (Å²) in [6, 6.07) is 11.8. The number of carbonyl (C=O) groups excluding carboxylic acids is 1. The summed E-state index contributed by atoms with van der Waals surface area (Å²) in [4.78, 5) is 20.6. The molecule has 5 nitrogen and oxygen atoms in total. The maximum absolute atomic E-state index is 12.1. The van der Waals surface area contributed by atoms with E-state index in [1.807, 2.05) is 41.8 Å². The highest BCUT2D eigenvalue weighted by Gasteiger charge is 2.09. The van der Waals surface area contributed by atoms with Gasteiger partial charge in [-0.1, -0.05) is 18.2 Å². The number of rotatable bonds is 6. The lowest BCUT2D eigenvalue weighted by atomic mass is 10.1. The first-order chi connectivity index (χ1) is 11.7. The van der Waals surface area contributed by atoms with Gasteiger partial charge in [0.05, 0.1) is 12.1 Å². The van der Waals surface area contributed by atoms with Crippen LogP contribution in [0.1, 0.15) is 16.8 Å². The SMILES string of the molecule is NCc1cccc(-c2nc(CC(=O)NCc3ccncc3)cs2)c1. The molecule has 3 rings (SSSR count). The molecule has 2 aromatic heterocycles. The number of carbonyl (C=O) groups is 1. The predicted molar refractivity (Wildman–Crippen MR) is 95.2 cm³/mol. The van der Waals surface area contributed by atoms with Crippen molar-refractivity contribution in [3.05, 3.63) is 71.0 Å². The first-order valence-corrected chi connectivity index (χ1v) is 8.52. The van der Waals surface area contributed by atoms with E-state index in [4.69, 9.17) is 5.73 Å². The van der Waals surface area contributed by atoms with Crippen LogP contribution in [-0.2, 0) is 24.3 Å². The van der Waals surface area contributed by atoms with Gasteiger partial charge in [0.2, 0.25) is 5.91 Å². The first-order valence-electron chi connectivity index (χ1n) is 7.64. The normalized spacial score (nSPS) is 10.5. The Morgan fingerprint density at radius 3 is 2.79 bits per heavy atom. The Morgan fingerprint density at radius 2 is 2.00 bits per heavy atom. The minimum atomic E-state index is -0.0422. The predicted octanol–water partition coefficient (Wildman–Crippen LogP) is 2.52. The molecule has 3 N–H and O–H groups in total. The van der Waals surface area contributed by atoms with E-state index in [-0.39, 0.29) is 12.3 Å². The molecule has 122 valence electrons. The Morgan fingerprint density at radius 1 is 1.17 bits per heavy atom. The summed E-state index contributed by atoms with van der Waals surface area (Å²) < 4.78 is 0. The van der Waals surface area contributed by atoms with Crippen molar-refractivity contribution < 1.29 is 4.79 Å². The first kappa shape index (κ1) is 16.3. The van der Waals surface area contributed by atoms with Gasteiger partial charge in [-0.2, -0.15) is 0 Å². The number of amides is 1. The van der Waals surface area contributed by atoms with Crippen LogP contribution in [0, 0.1) is 0 Å². The second-order valence-electron chi connectivity index (χ2n) is 5.36. The van der Waals surface area contributed by atoms with Crippen molar-refractivity contribution in [3.8, 4) is 10.6 Å². The number of nitrogens with two attached hydrogens (primary N) is 1. The molecular formula is C18H18N4OS. The smallest absolute Gasteiger partial charge is 0.226 e. The fourth-order valence-electron chi connectivity index (χ4n) is 2.28. The molecule has 0 bridgehead atoms. The van der Waals surface area contributed by atoms with Crippen molar-refractivity contribution in [3.63, 3.8) is 0 Å². The van der Waals surface area contributed by atoms with Crippen molar-refractivity contribution in [2.24, 2.45) is 5.73 Å². The molecule has 0 radical (unpaired) electrons. The maximum Gasteiger partial charge on any atom is 0.226 e. The van der Waals surface area contributed by atoms with Gasteiger partial charge in [0, 0.05) is 36.4 Å². The van der Waals surface area contributed by atoms with Crippen LogP contribution in [0.15, 0.2) is 54.2 Å². The Kier molecular flexibility index (Phi) is 5.30. The highest BCUT2D eigenvalue weighted by Crippen LogP contribution is 2.24. The van der Waals surface area contributed by atoms with Crippen LogP contribution in [0.4, 0.5) is 0 Å². The zero-order valence-electron chi connectivity index (χ0n) is 13.1. The van der Waals surface area contributed by atoms with Crippen LogP contribution >= 0.6 is 11.3 Å². The monoisotopic (exact) mass is 338 g/mol. The molecule has 0 saturated heterocycles. The van der Waals surface area contributed by atoms with E-state index in [1.165, 1.54) is 11.3 Å². The van der Waals surface area contributed by atoms with E-state index >= 15 is 0 Å². The molecule has 2 heterocycles. The summed E-state index contributed by atoms with van der Waals surface area (Å²) in [7, 11) is 0. The summed E-state index contributed by atoms with van der Waals surface area (Å²) in [5, 5.41) is 5.73. The zero-order valence-corrected chi connectivity index (χ0v) is 13.9. The van der Waals surface area contributed by atoms with E-state index < -0.39 is 0 Å². The summed E-state index contributed by atoms with van der Waals surface area (Å²) in [6.45, 7) is 1.00. The lowest BCUT2D eigenvalue weighted by molar-refractivity contribution is -0.120. The number of hydrogen-bond donors (Lipinski definition) is 2. The summed E-state index contributed by atoms with van der Waals surface area (Å²) in [5.74, 6) is -0.0422. The van der Waals surface area contributed by atoms with E-state index in [0.29, 0.717) is 13.1 Å². The Bertz CT molecular complexity index is 817. The molecular weight excluding hydrogens is 320 g/mol. The second kappa shape index (κ2) is 7.81. The van der Waals surface area contributed by atoms with Crippen LogP contribution in [0.3, 0.4) is 0 Å². The lowest BCUT2D eigenvalue weighted by Gasteiger charge is -2.03. The van der Waals surface area contributed by atoms with Crippen LogP contribution in [-0.4, -0.2) is 15.9 Å². The van der Waals surface area contributed by atoms with Gasteiger partial charge >= 0.3 is 0 Å². The highest BCUT2D eigenvalue weighted by molar-refractivity contribution is 7.13. The maximum atomic E-state index is 12.1. The van der Waals surface area contributed by atoms with Gasteiger partial charge < -0.3 is 11.1 Å². The van der Waals surface area contributed by atoms with Gasteiger partial charge in [-0.25, -0.2) is 4.98 Å². The molecule has 0 atom stereocenters. The lowest BCUT2D eigenvalue weighted by Crippen LogP contribution is -2.24. The quantitative estimate of drug-likeness (QED) is 0.724. The average molecular weight is 338 g/mol. The Labute approximate surface area is 144 Å². The fourth-order valence-corrected chi connectivity index (χ4v) is 3.10. The van der Waals surface area contributed by atoms with Crippen LogP contribution in [0.25, 0.3) is 10.6 Å². The van der Waals surface area contributed by atoms with Gasteiger partial charge in [-0.3, -0.25) is 9.78 Å². The van der Waals surface area contributed by atoms with Crippen molar-refractivity contribution in [1.82, 2.24) is 15.3 Å². The van der Waals surface area contributed by atoms with Gasteiger partial charge in [-0.15, -0.1) is 11.3 Å². The highest BCUT2D eigenvalue weighted by atomic mass is 32.1. The van der Waals surface area contributed by atoms with Gasteiger partial charge in [0.15, 0.2) is 0 Å². The Hall–Kier alpha value is -2.57. The van der Waals surface area contributed by atoms with E-state index in [1.54, 1.807) is 12.4 Å². The third kappa shape index (κ3) is 4.24. The van der Waals surface area contributed by atoms with Crippen LogP contribution in [0.2, 0.25) is 0 Å². The number of thiazole rings is 1. The number of aromatic nitrogens is 2. The molecule has 0 spiro atoms. The van der Waals surface area contributed by atoms with E-state index in [0.717, 1.165) is 27.4 Å². The van der Waals surface area contributed by atoms with Crippen molar-refractivity contribution >= 4 is 17.2 Å². The van der Waals surface area contributed by atoms with Gasteiger partial charge in [-0.05, 0) is 29.3 Å². The molecule has 0 unspecified atom stereocenters. The Balaban J connectivity index is 1.60. The number of benzene rings is 1. The third-order valence-electron chi connectivity index (χ3n) is 3.54. The molecule has 3 aromatic rings. The minimum absolute atomic E-state index is 0.0422. The molecule has 0 aliphatic heterocycles. The molecule has 0 aliphatic carbocycles. The third-order valence-corrected chi connectivity index (χ3v) is 4.48. The number of nitrogens with one attached hydrogen (secondary N) is 1. The average Bonchev–Trinajstić information content (AvgIpc) is 3.09. The molecule has 1 aromatic carbocycles. The standard InChI is InChI=1S/C18H18N4OS/c19-10-14-2-1-3-15(8-14)18-22-16(12-24-18)9-17(23)21-11-13-4-6-20-7-5-13/h1-8,12H,9-11,19H2,(H,21,23). The zero-order chi connectivity index (χ0) is 16.8. The van der Waals surface area contributed by atoms with Gasteiger partial charge in [0.25, 0.3) is 0 Å². The topological polar surface area (TPSA) is 80.9 Å². The molecule has 6 heteroatoms. The molecule has 0 saturated carbocycles. The number of nitrogens with zero attached hydrogens (tertiary/aromatic N) is 2. The van der Waals surface area contributed by atoms with Crippen molar-refractivity contribution in [1.29, 1.82) is 0 Å². The van der Waals surface area contributed by atoms with E-state index in [9.17, 15) is 4.79 Å². The molecule has 24 heavy (non-hydrogen) atoms. The molecule has 0 aliphatic rings. The minimum Gasteiger partial charge on any atom is -0.352 e. The molecule has 1 amide bonds. The van der Waals surface area contributed by atoms with Crippen LogP contribution < -0.4 is 11.1 Å². The second-order valence-corrected chi connectivity index (χ2v) is 6.22. The fraction of sp³-hybridized carbons (Fsp3) is 0.167. The summed E-state index contributed by atoms with van der Waals surface area (Å²) in [6.07, 6.45) is 3.70. The van der Waals surface area contributed by atoms with Crippen LogP contribution in [0.5, 0.6) is 0 Å².